The second-order valence-corrected chi connectivity index (χ2v) is 6.50. The highest BCUT2D eigenvalue weighted by molar-refractivity contribution is 7.99. The molecule has 0 aromatic rings. The van der Waals surface area contributed by atoms with Gasteiger partial charge in [0.05, 0.1) is 0 Å². The van der Waals surface area contributed by atoms with E-state index in [1.807, 2.05) is 0 Å². The molecule has 15 heavy (non-hydrogen) atoms. The van der Waals surface area contributed by atoms with Crippen molar-refractivity contribution in [3.8, 4) is 0 Å². The zero-order valence-electron chi connectivity index (χ0n) is 10.1. The molecule has 1 unspecified atom stereocenters. The van der Waals surface area contributed by atoms with Crippen LogP contribution in [0.25, 0.3) is 0 Å². The maximum Gasteiger partial charge on any atom is 0.0431 e. The van der Waals surface area contributed by atoms with E-state index < -0.39 is 0 Å². The Bertz CT molecular complexity index is 167. The Balaban J connectivity index is 2.06. The van der Waals surface area contributed by atoms with Gasteiger partial charge < -0.3 is 10.4 Å². The van der Waals surface area contributed by atoms with Crippen molar-refractivity contribution in [2.75, 3.05) is 31.2 Å². The number of rotatable bonds is 7. The van der Waals surface area contributed by atoms with Crippen molar-refractivity contribution in [3.05, 3.63) is 0 Å². The fraction of sp³-hybridized carbons (Fsp3) is 1.00. The quantitative estimate of drug-likeness (QED) is 0.704. The Hall–Kier alpha value is 0.270. The topological polar surface area (TPSA) is 32.3 Å². The van der Waals surface area contributed by atoms with E-state index in [9.17, 15) is 0 Å². The molecule has 1 saturated heterocycles. The first kappa shape index (κ1) is 13.3. The van der Waals surface area contributed by atoms with Gasteiger partial charge in [0.1, 0.15) is 0 Å². The normalized spacial score (nSPS) is 22.2. The van der Waals surface area contributed by atoms with Gasteiger partial charge in [0.2, 0.25) is 0 Å². The minimum atomic E-state index is 0.322. The lowest BCUT2D eigenvalue weighted by molar-refractivity contribution is 0.235. The van der Waals surface area contributed by atoms with E-state index in [2.05, 4.69) is 30.9 Å². The van der Waals surface area contributed by atoms with Gasteiger partial charge in [0.15, 0.2) is 0 Å². The van der Waals surface area contributed by atoms with E-state index >= 15 is 0 Å². The van der Waals surface area contributed by atoms with Gasteiger partial charge in [-0.1, -0.05) is 13.8 Å². The second-order valence-electron chi connectivity index (χ2n) is 5.35. The predicted octanol–water partition coefficient (Wildman–Crippen LogP) is 2.13. The third-order valence-corrected chi connectivity index (χ3v) is 4.30. The lowest BCUT2D eigenvalue weighted by atomic mass is 9.88. The monoisotopic (exact) mass is 231 g/mol. The van der Waals surface area contributed by atoms with Crippen LogP contribution in [-0.2, 0) is 0 Å². The number of nitrogens with one attached hydrogen (secondary N) is 1. The predicted molar refractivity (Wildman–Crippen MR) is 68.4 cm³/mol. The molecule has 2 N–H and O–H groups in total. The third-order valence-electron chi connectivity index (χ3n) is 3.07. The number of aliphatic hydroxyl groups excluding tert-OH is 1. The van der Waals surface area contributed by atoms with Crippen LogP contribution in [-0.4, -0.2) is 36.3 Å². The van der Waals surface area contributed by atoms with Crippen molar-refractivity contribution >= 4 is 11.8 Å². The molecule has 1 aliphatic heterocycles. The molecule has 0 saturated carbocycles. The fourth-order valence-electron chi connectivity index (χ4n) is 2.01. The molecule has 3 heteroatoms. The molecule has 0 spiro atoms. The van der Waals surface area contributed by atoms with Gasteiger partial charge in [-0.3, -0.25) is 0 Å². The number of aliphatic hydroxyl groups is 1. The lowest BCUT2D eigenvalue weighted by Gasteiger charge is -2.25. The van der Waals surface area contributed by atoms with E-state index in [1.165, 1.54) is 24.5 Å². The van der Waals surface area contributed by atoms with Crippen molar-refractivity contribution in [2.24, 2.45) is 11.3 Å². The standard InChI is InChI=1S/C12H25NOS/c1-12(2,5-3-6-14)10-13-8-11-4-7-15-9-11/h11,13-14H,3-10H2,1-2H3. The summed E-state index contributed by atoms with van der Waals surface area (Å²) >= 11 is 2.08. The van der Waals surface area contributed by atoms with Crippen molar-refractivity contribution < 1.29 is 5.11 Å². The fourth-order valence-corrected chi connectivity index (χ4v) is 3.29. The maximum absolute atomic E-state index is 8.80. The van der Waals surface area contributed by atoms with Crippen LogP contribution in [0, 0.1) is 11.3 Å². The SMILES string of the molecule is CC(C)(CCCO)CNCC1CCSC1. The Morgan fingerprint density at radius 3 is 2.87 bits per heavy atom. The minimum Gasteiger partial charge on any atom is -0.396 e. The molecule has 0 radical (unpaired) electrons. The van der Waals surface area contributed by atoms with E-state index in [1.54, 1.807) is 0 Å². The summed E-state index contributed by atoms with van der Waals surface area (Å²) < 4.78 is 0. The highest BCUT2D eigenvalue weighted by Gasteiger charge is 2.19. The van der Waals surface area contributed by atoms with Gasteiger partial charge in [-0.25, -0.2) is 0 Å². The van der Waals surface area contributed by atoms with E-state index in [0.717, 1.165) is 25.3 Å². The van der Waals surface area contributed by atoms with Gasteiger partial charge >= 0.3 is 0 Å². The van der Waals surface area contributed by atoms with Crippen molar-refractivity contribution in [2.45, 2.75) is 33.1 Å². The minimum absolute atomic E-state index is 0.322. The molecule has 0 amide bonds. The van der Waals surface area contributed by atoms with Gasteiger partial charge in [-0.2, -0.15) is 11.8 Å². The first-order chi connectivity index (χ1) is 7.14. The van der Waals surface area contributed by atoms with Crippen LogP contribution in [0.3, 0.4) is 0 Å². The molecular weight excluding hydrogens is 206 g/mol. The zero-order chi connectivity index (χ0) is 11.1. The molecule has 1 aliphatic rings. The summed E-state index contributed by atoms with van der Waals surface area (Å²) in [5.74, 6) is 3.58. The highest BCUT2D eigenvalue weighted by atomic mass is 32.2. The summed E-state index contributed by atoms with van der Waals surface area (Å²) in [4.78, 5) is 0. The summed E-state index contributed by atoms with van der Waals surface area (Å²) in [5.41, 5.74) is 0.328. The van der Waals surface area contributed by atoms with Crippen LogP contribution in [0.1, 0.15) is 33.1 Å². The molecule has 0 aromatic carbocycles. The van der Waals surface area contributed by atoms with Crippen molar-refractivity contribution in [1.29, 1.82) is 0 Å². The van der Waals surface area contributed by atoms with Crippen LogP contribution in [0.2, 0.25) is 0 Å². The number of hydrogen-bond acceptors (Lipinski definition) is 3. The summed E-state index contributed by atoms with van der Waals surface area (Å²) in [5, 5.41) is 12.4. The molecule has 1 fully saturated rings. The summed E-state index contributed by atoms with van der Waals surface area (Å²) in [6, 6.07) is 0. The third kappa shape index (κ3) is 5.79. The molecular formula is C12H25NOS. The summed E-state index contributed by atoms with van der Waals surface area (Å²) in [7, 11) is 0. The molecule has 2 nitrogen and oxygen atoms in total. The molecule has 1 atom stereocenters. The summed E-state index contributed by atoms with van der Waals surface area (Å²) in [6.45, 7) is 7.13. The maximum atomic E-state index is 8.80. The van der Waals surface area contributed by atoms with Crippen LogP contribution < -0.4 is 5.32 Å². The molecule has 1 rings (SSSR count). The Morgan fingerprint density at radius 2 is 2.27 bits per heavy atom. The Labute approximate surface area is 98.2 Å². The smallest absolute Gasteiger partial charge is 0.0431 e. The number of thioether (sulfide) groups is 1. The van der Waals surface area contributed by atoms with Crippen LogP contribution in [0.4, 0.5) is 0 Å². The van der Waals surface area contributed by atoms with E-state index in [-0.39, 0.29) is 0 Å². The van der Waals surface area contributed by atoms with Gasteiger partial charge in [0, 0.05) is 13.2 Å². The summed E-state index contributed by atoms with van der Waals surface area (Å²) in [6.07, 6.45) is 3.42. The zero-order valence-corrected chi connectivity index (χ0v) is 10.9. The average Bonchev–Trinajstić information content (AvgIpc) is 2.67. The number of hydrogen-bond donors (Lipinski definition) is 2. The molecule has 0 bridgehead atoms. The molecule has 0 aliphatic carbocycles. The molecule has 1 heterocycles. The van der Waals surface area contributed by atoms with Crippen LogP contribution in [0.5, 0.6) is 0 Å². The van der Waals surface area contributed by atoms with Gasteiger partial charge in [-0.05, 0) is 48.6 Å². The van der Waals surface area contributed by atoms with E-state index in [0.29, 0.717) is 12.0 Å². The Morgan fingerprint density at radius 1 is 1.47 bits per heavy atom. The van der Waals surface area contributed by atoms with Crippen molar-refractivity contribution in [1.82, 2.24) is 5.32 Å². The largest absolute Gasteiger partial charge is 0.396 e. The lowest BCUT2D eigenvalue weighted by Crippen LogP contribution is -2.33. The van der Waals surface area contributed by atoms with Gasteiger partial charge in [-0.15, -0.1) is 0 Å². The highest BCUT2D eigenvalue weighted by Crippen LogP contribution is 2.24. The second kappa shape index (κ2) is 6.77. The molecule has 90 valence electrons. The van der Waals surface area contributed by atoms with E-state index in [4.69, 9.17) is 5.11 Å². The molecule has 0 aromatic heterocycles. The van der Waals surface area contributed by atoms with Crippen LogP contribution >= 0.6 is 11.8 Å². The van der Waals surface area contributed by atoms with Crippen LogP contribution in [0.15, 0.2) is 0 Å². The average molecular weight is 231 g/mol. The Kier molecular flexibility index (Phi) is 6.02. The van der Waals surface area contributed by atoms with Gasteiger partial charge in [0.25, 0.3) is 0 Å². The first-order valence-electron chi connectivity index (χ1n) is 6.03. The van der Waals surface area contributed by atoms with Crippen molar-refractivity contribution in [3.63, 3.8) is 0 Å². The first-order valence-corrected chi connectivity index (χ1v) is 7.19.